The summed E-state index contributed by atoms with van der Waals surface area (Å²) in [5.41, 5.74) is 6.41. The standard InChI is InChI=1S/C13H25N3O.HI/c1-10(8-17-2)16-12(14)15-9-13(6-3-7-13)11-4-5-11;/h10-11H,3-9H2,1-2H3,(H3,14,15,16);1H. The maximum absolute atomic E-state index is 5.89. The molecule has 4 nitrogen and oxygen atoms in total. The predicted octanol–water partition coefficient (Wildman–Crippen LogP) is 2.12. The van der Waals surface area contributed by atoms with Crippen molar-refractivity contribution < 1.29 is 4.74 Å². The molecule has 1 unspecified atom stereocenters. The Labute approximate surface area is 127 Å². The second kappa shape index (κ2) is 6.93. The summed E-state index contributed by atoms with van der Waals surface area (Å²) in [4.78, 5) is 4.53. The monoisotopic (exact) mass is 367 g/mol. The lowest BCUT2D eigenvalue weighted by molar-refractivity contribution is 0.113. The number of nitrogens with two attached hydrogens (primary N) is 1. The van der Waals surface area contributed by atoms with Crippen molar-refractivity contribution in [1.82, 2.24) is 5.32 Å². The van der Waals surface area contributed by atoms with Gasteiger partial charge in [-0.2, -0.15) is 0 Å². The Morgan fingerprint density at radius 2 is 2.17 bits per heavy atom. The Morgan fingerprint density at radius 3 is 2.61 bits per heavy atom. The number of guanidine groups is 1. The first-order chi connectivity index (χ1) is 8.16. The third-order valence-corrected chi connectivity index (χ3v) is 4.17. The van der Waals surface area contributed by atoms with E-state index in [1.54, 1.807) is 7.11 Å². The van der Waals surface area contributed by atoms with Gasteiger partial charge in [-0.15, -0.1) is 24.0 Å². The summed E-state index contributed by atoms with van der Waals surface area (Å²) in [5, 5.41) is 3.16. The summed E-state index contributed by atoms with van der Waals surface area (Å²) in [7, 11) is 1.70. The van der Waals surface area contributed by atoms with Gasteiger partial charge < -0.3 is 15.8 Å². The smallest absolute Gasteiger partial charge is 0.188 e. The van der Waals surface area contributed by atoms with Gasteiger partial charge in [0.15, 0.2) is 5.96 Å². The molecule has 2 rings (SSSR count). The molecule has 0 saturated heterocycles. The molecule has 0 aromatic carbocycles. The Morgan fingerprint density at radius 1 is 1.50 bits per heavy atom. The molecular weight excluding hydrogens is 341 g/mol. The van der Waals surface area contributed by atoms with Crippen LogP contribution in [0.3, 0.4) is 0 Å². The first kappa shape index (κ1) is 16.0. The molecule has 0 radical (unpaired) electrons. The molecule has 2 saturated carbocycles. The van der Waals surface area contributed by atoms with Gasteiger partial charge in [-0.3, -0.25) is 4.99 Å². The van der Waals surface area contributed by atoms with Gasteiger partial charge in [0.05, 0.1) is 6.61 Å². The Bertz CT molecular complexity index is 288. The fraction of sp³-hybridized carbons (Fsp3) is 0.923. The molecular formula is C13H26IN3O. The van der Waals surface area contributed by atoms with Gasteiger partial charge in [0.25, 0.3) is 0 Å². The molecule has 106 valence electrons. The fourth-order valence-electron chi connectivity index (χ4n) is 2.85. The van der Waals surface area contributed by atoms with Gasteiger partial charge in [0, 0.05) is 19.7 Å². The highest BCUT2D eigenvalue weighted by atomic mass is 127. The van der Waals surface area contributed by atoms with Crippen molar-refractivity contribution in [3.63, 3.8) is 0 Å². The zero-order chi connectivity index (χ0) is 12.3. The molecule has 5 heteroatoms. The number of rotatable bonds is 6. The minimum Gasteiger partial charge on any atom is -0.383 e. The third-order valence-electron chi connectivity index (χ3n) is 4.17. The summed E-state index contributed by atoms with van der Waals surface area (Å²) in [5.74, 6) is 1.51. The van der Waals surface area contributed by atoms with Gasteiger partial charge in [-0.1, -0.05) is 6.42 Å². The lowest BCUT2D eigenvalue weighted by Crippen LogP contribution is -2.42. The van der Waals surface area contributed by atoms with E-state index in [0.29, 0.717) is 18.0 Å². The van der Waals surface area contributed by atoms with Crippen LogP contribution in [-0.2, 0) is 4.74 Å². The van der Waals surface area contributed by atoms with E-state index in [1.807, 2.05) is 6.92 Å². The van der Waals surface area contributed by atoms with Gasteiger partial charge in [-0.05, 0) is 43.9 Å². The van der Waals surface area contributed by atoms with Gasteiger partial charge in [0.1, 0.15) is 0 Å². The molecule has 0 amide bonds. The van der Waals surface area contributed by atoms with E-state index in [0.717, 1.165) is 12.5 Å². The third kappa shape index (κ3) is 3.98. The van der Waals surface area contributed by atoms with E-state index in [2.05, 4.69) is 10.3 Å². The van der Waals surface area contributed by atoms with Crippen LogP contribution < -0.4 is 11.1 Å². The first-order valence-electron chi connectivity index (χ1n) is 6.72. The van der Waals surface area contributed by atoms with Crippen LogP contribution in [0.4, 0.5) is 0 Å². The van der Waals surface area contributed by atoms with Crippen molar-refractivity contribution >= 4 is 29.9 Å². The van der Waals surface area contributed by atoms with Gasteiger partial charge in [-0.25, -0.2) is 0 Å². The minimum absolute atomic E-state index is 0. The molecule has 0 aromatic rings. The number of nitrogens with zero attached hydrogens (tertiary/aromatic N) is 1. The van der Waals surface area contributed by atoms with Crippen LogP contribution in [-0.4, -0.2) is 32.3 Å². The van der Waals surface area contributed by atoms with E-state index in [4.69, 9.17) is 10.5 Å². The van der Waals surface area contributed by atoms with E-state index in [-0.39, 0.29) is 30.0 Å². The van der Waals surface area contributed by atoms with Crippen LogP contribution in [0.1, 0.15) is 39.0 Å². The molecule has 2 fully saturated rings. The fourth-order valence-corrected chi connectivity index (χ4v) is 2.85. The number of hydrogen-bond acceptors (Lipinski definition) is 2. The Hall–Kier alpha value is -0.0400. The Balaban J connectivity index is 0.00000162. The van der Waals surface area contributed by atoms with Crippen molar-refractivity contribution in [3.05, 3.63) is 0 Å². The van der Waals surface area contributed by atoms with E-state index < -0.39 is 0 Å². The molecule has 0 aromatic heterocycles. The highest BCUT2D eigenvalue weighted by molar-refractivity contribution is 14.0. The molecule has 1 atom stereocenters. The van der Waals surface area contributed by atoms with E-state index in [9.17, 15) is 0 Å². The van der Waals surface area contributed by atoms with Crippen molar-refractivity contribution in [2.45, 2.75) is 45.1 Å². The average molecular weight is 367 g/mol. The second-order valence-electron chi connectivity index (χ2n) is 5.69. The molecule has 0 heterocycles. The lowest BCUT2D eigenvalue weighted by atomic mass is 9.65. The van der Waals surface area contributed by atoms with Crippen molar-refractivity contribution in [2.24, 2.45) is 22.1 Å². The quantitative estimate of drug-likeness (QED) is 0.430. The minimum atomic E-state index is 0. The van der Waals surface area contributed by atoms with Crippen LogP contribution in [0.15, 0.2) is 4.99 Å². The number of nitrogens with one attached hydrogen (secondary N) is 1. The summed E-state index contributed by atoms with van der Waals surface area (Å²) < 4.78 is 5.06. The van der Waals surface area contributed by atoms with Crippen LogP contribution in [0.2, 0.25) is 0 Å². The zero-order valence-electron chi connectivity index (χ0n) is 11.4. The molecule has 18 heavy (non-hydrogen) atoms. The highest BCUT2D eigenvalue weighted by Crippen LogP contribution is 2.57. The maximum atomic E-state index is 5.89. The van der Waals surface area contributed by atoms with E-state index >= 15 is 0 Å². The SMILES string of the molecule is COCC(C)NC(N)=NCC1(C2CC2)CCC1.I. The average Bonchev–Trinajstić information content (AvgIpc) is 3.00. The maximum Gasteiger partial charge on any atom is 0.188 e. The van der Waals surface area contributed by atoms with E-state index in [1.165, 1.54) is 32.1 Å². The van der Waals surface area contributed by atoms with Crippen LogP contribution in [0.25, 0.3) is 0 Å². The van der Waals surface area contributed by atoms with Crippen LogP contribution in [0, 0.1) is 11.3 Å². The van der Waals surface area contributed by atoms with Crippen molar-refractivity contribution in [1.29, 1.82) is 0 Å². The zero-order valence-corrected chi connectivity index (χ0v) is 13.8. The summed E-state index contributed by atoms with van der Waals surface area (Å²) >= 11 is 0. The summed E-state index contributed by atoms with van der Waals surface area (Å²) in [6.45, 7) is 3.62. The van der Waals surface area contributed by atoms with Gasteiger partial charge >= 0.3 is 0 Å². The highest BCUT2D eigenvalue weighted by Gasteiger charge is 2.48. The number of hydrogen-bond donors (Lipinski definition) is 2. The number of aliphatic imine (C=N–C) groups is 1. The predicted molar refractivity (Wildman–Crippen MR) is 85.4 cm³/mol. The summed E-state index contributed by atoms with van der Waals surface area (Å²) in [6, 6.07) is 0.224. The van der Waals surface area contributed by atoms with Gasteiger partial charge in [0.2, 0.25) is 0 Å². The molecule has 0 spiro atoms. The van der Waals surface area contributed by atoms with Crippen LogP contribution in [0.5, 0.6) is 0 Å². The normalized spacial score (nSPS) is 23.8. The number of halogens is 1. The number of ether oxygens (including phenoxy) is 1. The van der Waals surface area contributed by atoms with Crippen molar-refractivity contribution in [2.75, 3.05) is 20.3 Å². The molecule has 0 aliphatic heterocycles. The largest absolute Gasteiger partial charge is 0.383 e. The molecule has 3 N–H and O–H groups in total. The lowest BCUT2D eigenvalue weighted by Gasteiger charge is -2.41. The molecule has 2 aliphatic rings. The first-order valence-corrected chi connectivity index (χ1v) is 6.72. The van der Waals surface area contributed by atoms with Crippen LogP contribution >= 0.6 is 24.0 Å². The Kier molecular flexibility index (Phi) is 6.17. The molecule has 0 bridgehead atoms. The summed E-state index contributed by atoms with van der Waals surface area (Å²) in [6.07, 6.45) is 6.88. The topological polar surface area (TPSA) is 59.6 Å². The number of methoxy groups -OCH3 is 1. The second-order valence-corrected chi connectivity index (χ2v) is 5.69. The van der Waals surface area contributed by atoms with Crippen molar-refractivity contribution in [3.8, 4) is 0 Å². The molecule has 2 aliphatic carbocycles.